The van der Waals surface area contributed by atoms with Crippen LogP contribution in [0.5, 0.6) is 0 Å². The first kappa shape index (κ1) is 6.04. The second-order valence-corrected chi connectivity index (χ2v) is 3.51. The van der Waals surface area contributed by atoms with E-state index in [9.17, 15) is 0 Å². The van der Waals surface area contributed by atoms with Gasteiger partial charge in [0.15, 0.2) is 5.17 Å². The van der Waals surface area contributed by atoms with E-state index >= 15 is 0 Å². The van der Waals surface area contributed by atoms with Gasteiger partial charge in [-0.1, -0.05) is 36.1 Å². The minimum absolute atomic E-state index is 0.301. The average Bonchev–Trinajstić information content (AvgIpc) is 2.27. The molecule has 2 rings (SSSR count). The van der Waals surface area contributed by atoms with E-state index in [1.165, 1.54) is 0 Å². The van der Waals surface area contributed by atoms with Gasteiger partial charge in [-0.15, -0.1) is 0 Å². The molecule has 0 aromatic heterocycles. The Hall–Kier alpha value is -0.700. The summed E-state index contributed by atoms with van der Waals surface area (Å²) in [6.07, 6.45) is 8.28. The van der Waals surface area contributed by atoms with Gasteiger partial charge in [-0.2, -0.15) is 0 Å². The molecule has 0 aromatic carbocycles. The van der Waals surface area contributed by atoms with Crippen molar-refractivity contribution in [3.05, 3.63) is 24.3 Å². The van der Waals surface area contributed by atoms with Crippen molar-refractivity contribution < 1.29 is 0 Å². The number of allylic oxidation sites excluding steroid dienone is 2. The molecule has 2 atom stereocenters. The van der Waals surface area contributed by atoms with Crippen LogP contribution in [0, 0.1) is 0 Å². The molecule has 0 aromatic rings. The van der Waals surface area contributed by atoms with E-state index in [4.69, 9.17) is 5.73 Å². The number of nitrogens with two attached hydrogens (primary N) is 1. The third-order valence-corrected chi connectivity index (χ3v) is 2.64. The molecule has 2 unspecified atom stereocenters. The maximum absolute atomic E-state index is 5.54. The van der Waals surface area contributed by atoms with Crippen LogP contribution in [-0.2, 0) is 0 Å². The van der Waals surface area contributed by atoms with Crippen molar-refractivity contribution in [1.29, 1.82) is 0 Å². The Bertz CT molecular complexity index is 230. The van der Waals surface area contributed by atoms with Crippen LogP contribution >= 0.6 is 11.8 Å². The minimum Gasteiger partial charge on any atom is -0.379 e. The average molecular weight is 152 g/mol. The van der Waals surface area contributed by atoms with E-state index < -0.39 is 0 Å². The zero-order valence-corrected chi connectivity index (χ0v) is 6.21. The summed E-state index contributed by atoms with van der Waals surface area (Å²) in [5.74, 6) is 0. The van der Waals surface area contributed by atoms with E-state index in [-0.39, 0.29) is 0 Å². The molecule has 1 aliphatic heterocycles. The zero-order chi connectivity index (χ0) is 6.97. The number of aliphatic imine (C=N–C) groups is 1. The molecule has 2 nitrogen and oxygen atoms in total. The summed E-state index contributed by atoms with van der Waals surface area (Å²) >= 11 is 1.64. The van der Waals surface area contributed by atoms with Crippen LogP contribution in [-0.4, -0.2) is 16.5 Å². The molecular formula is C7H8N2S. The largest absolute Gasteiger partial charge is 0.379 e. The Labute approximate surface area is 63.9 Å². The first-order valence-corrected chi connectivity index (χ1v) is 4.09. The molecule has 1 aliphatic carbocycles. The van der Waals surface area contributed by atoms with Crippen LogP contribution < -0.4 is 5.73 Å². The number of hydrogen-bond donors (Lipinski definition) is 1. The summed E-state index contributed by atoms with van der Waals surface area (Å²) in [4.78, 5) is 4.23. The summed E-state index contributed by atoms with van der Waals surface area (Å²) in [5, 5.41) is 1.18. The van der Waals surface area contributed by atoms with E-state index in [2.05, 4.69) is 17.1 Å². The van der Waals surface area contributed by atoms with Crippen molar-refractivity contribution in [2.24, 2.45) is 10.7 Å². The van der Waals surface area contributed by atoms with Crippen molar-refractivity contribution in [1.82, 2.24) is 0 Å². The Morgan fingerprint density at radius 3 is 3.00 bits per heavy atom. The molecular weight excluding hydrogens is 144 g/mol. The van der Waals surface area contributed by atoms with Crippen LogP contribution in [0.3, 0.4) is 0 Å². The number of nitrogens with zero attached hydrogens (tertiary/aromatic N) is 1. The molecule has 0 amide bonds. The lowest BCUT2D eigenvalue weighted by Crippen LogP contribution is -2.13. The number of amidine groups is 1. The molecule has 2 N–H and O–H groups in total. The van der Waals surface area contributed by atoms with E-state index in [1.54, 1.807) is 11.8 Å². The normalized spacial score (nSPS) is 35.8. The topological polar surface area (TPSA) is 38.4 Å². The molecule has 2 aliphatic rings. The summed E-state index contributed by atoms with van der Waals surface area (Å²) in [7, 11) is 0. The van der Waals surface area contributed by atoms with Gasteiger partial charge in [0.25, 0.3) is 0 Å². The van der Waals surface area contributed by atoms with Crippen molar-refractivity contribution in [2.75, 3.05) is 0 Å². The summed E-state index contributed by atoms with van der Waals surface area (Å²) < 4.78 is 0. The quantitative estimate of drug-likeness (QED) is 0.560. The van der Waals surface area contributed by atoms with Gasteiger partial charge in [0.05, 0.1) is 11.3 Å². The first-order chi connectivity index (χ1) is 4.86. The van der Waals surface area contributed by atoms with Gasteiger partial charge in [0, 0.05) is 0 Å². The molecule has 0 bridgehead atoms. The monoisotopic (exact) mass is 152 g/mol. The maximum Gasteiger partial charge on any atom is 0.155 e. The Morgan fingerprint density at radius 1 is 1.40 bits per heavy atom. The van der Waals surface area contributed by atoms with Gasteiger partial charge in [-0.05, 0) is 0 Å². The van der Waals surface area contributed by atoms with Gasteiger partial charge < -0.3 is 5.73 Å². The van der Waals surface area contributed by atoms with Gasteiger partial charge >= 0.3 is 0 Å². The number of hydrogen-bond acceptors (Lipinski definition) is 3. The van der Waals surface area contributed by atoms with Crippen molar-refractivity contribution in [3.63, 3.8) is 0 Å². The van der Waals surface area contributed by atoms with E-state index in [1.807, 2.05) is 12.2 Å². The highest BCUT2D eigenvalue weighted by Crippen LogP contribution is 2.28. The standard InChI is InChI=1S/C7H8N2S/c8-7-9-5-3-1-2-4-6(5)10-7/h1-6H,(H2,8,9). The lowest BCUT2D eigenvalue weighted by atomic mass is 10.1. The molecule has 0 fully saturated rings. The minimum atomic E-state index is 0.301. The van der Waals surface area contributed by atoms with Gasteiger partial charge in [-0.3, -0.25) is 4.99 Å². The fraction of sp³-hybridized carbons (Fsp3) is 0.286. The second-order valence-electron chi connectivity index (χ2n) is 2.31. The number of fused-ring (bicyclic) bond motifs is 1. The van der Waals surface area contributed by atoms with Gasteiger partial charge in [0.2, 0.25) is 0 Å². The highest BCUT2D eigenvalue weighted by atomic mass is 32.2. The SMILES string of the molecule is NC1=NC2C=CC=CC2S1. The van der Waals surface area contributed by atoms with Crippen molar-refractivity contribution in [2.45, 2.75) is 11.3 Å². The molecule has 10 heavy (non-hydrogen) atoms. The molecule has 3 heteroatoms. The molecule has 0 spiro atoms. The third kappa shape index (κ3) is 0.865. The Balaban J connectivity index is 2.24. The highest BCUT2D eigenvalue weighted by molar-refractivity contribution is 8.14. The van der Waals surface area contributed by atoms with Gasteiger partial charge in [0.1, 0.15) is 0 Å². The molecule has 1 heterocycles. The molecule has 0 saturated carbocycles. The maximum atomic E-state index is 5.54. The fourth-order valence-electron chi connectivity index (χ4n) is 1.12. The van der Waals surface area contributed by atoms with E-state index in [0.29, 0.717) is 16.5 Å². The Morgan fingerprint density at radius 2 is 2.20 bits per heavy atom. The van der Waals surface area contributed by atoms with Crippen LogP contribution in [0.1, 0.15) is 0 Å². The third-order valence-electron chi connectivity index (χ3n) is 1.59. The van der Waals surface area contributed by atoms with Crippen molar-refractivity contribution in [3.8, 4) is 0 Å². The first-order valence-electron chi connectivity index (χ1n) is 3.21. The highest BCUT2D eigenvalue weighted by Gasteiger charge is 2.25. The van der Waals surface area contributed by atoms with Crippen molar-refractivity contribution >= 4 is 16.9 Å². The smallest absolute Gasteiger partial charge is 0.155 e. The predicted octanol–water partition coefficient (Wildman–Crippen LogP) is 0.911. The van der Waals surface area contributed by atoms with Crippen LogP contribution in [0.4, 0.5) is 0 Å². The van der Waals surface area contributed by atoms with E-state index in [0.717, 1.165) is 0 Å². The summed E-state index contributed by atoms with van der Waals surface area (Å²) in [6, 6.07) is 0.301. The summed E-state index contributed by atoms with van der Waals surface area (Å²) in [5.41, 5.74) is 5.54. The number of rotatable bonds is 0. The molecule has 52 valence electrons. The second kappa shape index (κ2) is 2.16. The number of thioether (sulfide) groups is 1. The predicted molar refractivity (Wildman–Crippen MR) is 45.1 cm³/mol. The summed E-state index contributed by atoms with van der Waals surface area (Å²) in [6.45, 7) is 0. The van der Waals surface area contributed by atoms with Crippen LogP contribution in [0.15, 0.2) is 29.3 Å². The Kier molecular flexibility index (Phi) is 1.31. The lowest BCUT2D eigenvalue weighted by Gasteiger charge is -2.10. The molecule has 0 saturated heterocycles. The fourth-order valence-corrected chi connectivity index (χ4v) is 2.04. The lowest BCUT2D eigenvalue weighted by molar-refractivity contribution is 0.861. The zero-order valence-electron chi connectivity index (χ0n) is 5.40. The molecule has 0 radical (unpaired) electrons. The van der Waals surface area contributed by atoms with Crippen LogP contribution in [0.2, 0.25) is 0 Å². The van der Waals surface area contributed by atoms with Gasteiger partial charge in [-0.25, -0.2) is 0 Å². The van der Waals surface area contributed by atoms with Crippen LogP contribution in [0.25, 0.3) is 0 Å².